The van der Waals surface area contributed by atoms with Crippen LogP contribution >= 0.6 is 12.6 Å². The Balaban J connectivity index is 2.25. The molecular weight excluding hydrogens is 244 g/mol. The summed E-state index contributed by atoms with van der Waals surface area (Å²) in [5.41, 5.74) is 2.58. The molecule has 1 aromatic heterocycles. The summed E-state index contributed by atoms with van der Waals surface area (Å²) in [6.45, 7) is -0.0328. The van der Waals surface area contributed by atoms with Gasteiger partial charge in [0.2, 0.25) is 0 Å². The number of fused-ring (bicyclic) bond motifs is 1. The summed E-state index contributed by atoms with van der Waals surface area (Å²) < 4.78 is 5.83. The highest BCUT2D eigenvalue weighted by Crippen LogP contribution is 2.33. The summed E-state index contributed by atoms with van der Waals surface area (Å²) in [4.78, 5) is 0.903. The Hall–Kier alpha value is -1.71. The van der Waals surface area contributed by atoms with E-state index in [0.717, 1.165) is 32.8 Å². The lowest BCUT2D eigenvalue weighted by Gasteiger charge is -2.00. The molecule has 0 saturated carbocycles. The number of thiol groups is 1. The third kappa shape index (κ3) is 1.82. The van der Waals surface area contributed by atoms with Gasteiger partial charge in [0.1, 0.15) is 11.3 Å². The molecule has 0 aliphatic heterocycles. The predicted molar refractivity (Wildman–Crippen MR) is 74.8 cm³/mol. The van der Waals surface area contributed by atoms with Crippen LogP contribution in [0.4, 0.5) is 0 Å². The summed E-state index contributed by atoms with van der Waals surface area (Å²) in [7, 11) is 0. The van der Waals surface area contributed by atoms with E-state index < -0.39 is 0 Å². The predicted octanol–water partition coefficient (Wildman–Crippen LogP) is 3.88. The van der Waals surface area contributed by atoms with Crippen molar-refractivity contribution in [3.63, 3.8) is 0 Å². The van der Waals surface area contributed by atoms with Crippen molar-refractivity contribution < 1.29 is 9.52 Å². The molecule has 1 N–H and O–H groups in total. The summed E-state index contributed by atoms with van der Waals surface area (Å²) in [6, 6.07) is 15.4. The minimum atomic E-state index is -0.0328. The molecule has 3 heteroatoms. The van der Waals surface area contributed by atoms with Gasteiger partial charge in [-0.15, -0.1) is 12.6 Å². The molecule has 0 saturated heterocycles. The first-order chi connectivity index (χ1) is 8.79. The molecule has 3 aromatic rings. The topological polar surface area (TPSA) is 33.4 Å². The fourth-order valence-electron chi connectivity index (χ4n) is 2.10. The van der Waals surface area contributed by atoms with Gasteiger partial charge in [-0.05, 0) is 18.2 Å². The second kappa shape index (κ2) is 4.52. The third-order valence-corrected chi connectivity index (χ3v) is 3.28. The lowest BCUT2D eigenvalue weighted by molar-refractivity contribution is 0.282. The zero-order valence-corrected chi connectivity index (χ0v) is 10.5. The first-order valence-electron chi connectivity index (χ1n) is 5.70. The Morgan fingerprint density at radius 2 is 1.72 bits per heavy atom. The van der Waals surface area contributed by atoms with Crippen LogP contribution in [0, 0.1) is 0 Å². The minimum Gasteiger partial charge on any atom is -0.456 e. The number of aliphatic hydroxyl groups excluding tert-OH is 1. The largest absolute Gasteiger partial charge is 0.456 e. The molecule has 18 heavy (non-hydrogen) atoms. The van der Waals surface area contributed by atoms with E-state index in [4.69, 9.17) is 4.42 Å². The van der Waals surface area contributed by atoms with E-state index in [1.54, 1.807) is 0 Å². The Kier molecular flexibility index (Phi) is 2.86. The van der Waals surface area contributed by atoms with E-state index in [9.17, 15) is 5.11 Å². The molecule has 2 nitrogen and oxygen atoms in total. The van der Waals surface area contributed by atoms with Gasteiger partial charge in [-0.3, -0.25) is 0 Å². The quantitative estimate of drug-likeness (QED) is 0.682. The number of aliphatic hydroxyl groups is 1. The number of benzene rings is 2. The maximum absolute atomic E-state index is 9.55. The van der Waals surface area contributed by atoms with Crippen LogP contribution in [0.5, 0.6) is 0 Å². The van der Waals surface area contributed by atoms with Gasteiger partial charge in [0.25, 0.3) is 0 Å². The molecule has 2 aromatic carbocycles. The Morgan fingerprint density at radius 1 is 1.00 bits per heavy atom. The molecule has 0 spiro atoms. The third-order valence-electron chi connectivity index (χ3n) is 2.99. The van der Waals surface area contributed by atoms with E-state index in [1.807, 2.05) is 48.5 Å². The second-order valence-electron chi connectivity index (χ2n) is 4.11. The average Bonchev–Trinajstić information content (AvgIpc) is 2.78. The van der Waals surface area contributed by atoms with Crippen LogP contribution in [-0.2, 0) is 6.61 Å². The van der Waals surface area contributed by atoms with Gasteiger partial charge in [0.05, 0.1) is 6.61 Å². The molecule has 0 amide bonds. The van der Waals surface area contributed by atoms with Crippen molar-refractivity contribution in [3.05, 3.63) is 54.1 Å². The fraction of sp³-hybridized carbons (Fsp3) is 0.0667. The summed E-state index contributed by atoms with van der Waals surface area (Å²) in [5, 5.41) is 10.5. The van der Waals surface area contributed by atoms with E-state index >= 15 is 0 Å². The highest BCUT2D eigenvalue weighted by atomic mass is 32.1. The Labute approximate surface area is 110 Å². The van der Waals surface area contributed by atoms with E-state index in [2.05, 4.69) is 12.6 Å². The summed E-state index contributed by atoms with van der Waals surface area (Å²) in [5.74, 6) is 0.729. The van der Waals surface area contributed by atoms with Crippen LogP contribution in [-0.4, -0.2) is 5.11 Å². The van der Waals surface area contributed by atoms with Crippen LogP contribution in [0.3, 0.4) is 0 Å². The SMILES string of the molecule is OCc1c(-c2ccc(S)cc2)oc2ccccc12. The normalized spacial score (nSPS) is 11.0. The minimum absolute atomic E-state index is 0.0328. The number of hydrogen-bond acceptors (Lipinski definition) is 3. The maximum Gasteiger partial charge on any atom is 0.140 e. The Morgan fingerprint density at radius 3 is 2.44 bits per heavy atom. The van der Waals surface area contributed by atoms with Crippen LogP contribution in [0.2, 0.25) is 0 Å². The average molecular weight is 256 g/mol. The van der Waals surface area contributed by atoms with Gasteiger partial charge in [0, 0.05) is 21.4 Å². The van der Waals surface area contributed by atoms with Crippen molar-refractivity contribution in [2.24, 2.45) is 0 Å². The molecule has 0 atom stereocenters. The summed E-state index contributed by atoms with van der Waals surface area (Å²) in [6.07, 6.45) is 0. The van der Waals surface area contributed by atoms with Gasteiger partial charge in [-0.2, -0.15) is 0 Å². The fourth-order valence-corrected chi connectivity index (χ4v) is 2.25. The second-order valence-corrected chi connectivity index (χ2v) is 4.63. The summed E-state index contributed by atoms with van der Waals surface area (Å²) >= 11 is 4.26. The molecule has 0 aliphatic carbocycles. The zero-order valence-electron chi connectivity index (χ0n) is 9.63. The van der Waals surface area contributed by atoms with Gasteiger partial charge in [-0.1, -0.05) is 30.3 Å². The molecule has 3 rings (SSSR count). The number of hydrogen-bond donors (Lipinski definition) is 2. The maximum atomic E-state index is 9.55. The number of furan rings is 1. The highest BCUT2D eigenvalue weighted by molar-refractivity contribution is 7.80. The van der Waals surface area contributed by atoms with Crippen molar-refractivity contribution in [1.29, 1.82) is 0 Å². The van der Waals surface area contributed by atoms with E-state index in [1.165, 1.54) is 0 Å². The zero-order chi connectivity index (χ0) is 12.5. The van der Waals surface area contributed by atoms with Crippen LogP contribution in [0.15, 0.2) is 57.8 Å². The van der Waals surface area contributed by atoms with Crippen LogP contribution < -0.4 is 0 Å². The first kappa shape index (κ1) is 11.4. The molecular formula is C15H12O2S. The number of rotatable bonds is 2. The smallest absolute Gasteiger partial charge is 0.140 e. The number of para-hydroxylation sites is 1. The van der Waals surface area contributed by atoms with Gasteiger partial charge in [-0.25, -0.2) is 0 Å². The lowest BCUT2D eigenvalue weighted by Crippen LogP contribution is -1.84. The van der Waals surface area contributed by atoms with Crippen molar-refractivity contribution in [3.8, 4) is 11.3 Å². The first-order valence-corrected chi connectivity index (χ1v) is 6.15. The van der Waals surface area contributed by atoms with Gasteiger partial charge in [0.15, 0.2) is 0 Å². The molecule has 0 bridgehead atoms. The van der Waals surface area contributed by atoms with Crippen molar-refractivity contribution in [2.45, 2.75) is 11.5 Å². The molecule has 0 radical (unpaired) electrons. The van der Waals surface area contributed by atoms with Crippen LogP contribution in [0.1, 0.15) is 5.56 Å². The van der Waals surface area contributed by atoms with E-state index in [-0.39, 0.29) is 6.61 Å². The molecule has 1 heterocycles. The van der Waals surface area contributed by atoms with Crippen LogP contribution in [0.25, 0.3) is 22.3 Å². The van der Waals surface area contributed by atoms with Gasteiger partial charge >= 0.3 is 0 Å². The monoisotopic (exact) mass is 256 g/mol. The van der Waals surface area contributed by atoms with E-state index in [0.29, 0.717) is 0 Å². The molecule has 0 aliphatic rings. The Bertz CT molecular complexity index is 683. The highest BCUT2D eigenvalue weighted by Gasteiger charge is 2.14. The van der Waals surface area contributed by atoms with Crippen molar-refractivity contribution >= 4 is 23.6 Å². The van der Waals surface area contributed by atoms with Gasteiger partial charge < -0.3 is 9.52 Å². The lowest BCUT2D eigenvalue weighted by atomic mass is 10.1. The molecule has 0 unspecified atom stereocenters. The van der Waals surface area contributed by atoms with Crippen molar-refractivity contribution in [2.75, 3.05) is 0 Å². The molecule has 90 valence electrons. The molecule has 0 fully saturated rings. The van der Waals surface area contributed by atoms with Crippen molar-refractivity contribution in [1.82, 2.24) is 0 Å². The standard InChI is InChI=1S/C15H12O2S/c16-9-13-12-3-1-2-4-14(12)17-15(13)10-5-7-11(18)8-6-10/h1-8,16,18H,9H2.